The maximum absolute atomic E-state index is 5.78. The Kier molecular flexibility index (Phi) is 3.74. The van der Waals surface area contributed by atoms with Gasteiger partial charge in [-0.2, -0.15) is 0 Å². The number of rotatable bonds is 3. The largest absolute Gasteiger partial charge is 0.399 e. The van der Waals surface area contributed by atoms with Gasteiger partial charge in [-0.3, -0.25) is 0 Å². The fraction of sp³-hybridized carbons (Fsp3) is 0.438. The molecule has 106 valence electrons. The van der Waals surface area contributed by atoms with E-state index in [9.17, 15) is 0 Å². The number of fused-ring (bicyclic) bond motifs is 1. The molecule has 20 heavy (non-hydrogen) atoms. The molecule has 1 fully saturated rings. The average Bonchev–Trinajstić information content (AvgIpc) is 2.45. The summed E-state index contributed by atoms with van der Waals surface area (Å²) in [7, 11) is 2.20. The van der Waals surface area contributed by atoms with Crippen molar-refractivity contribution in [2.75, 3.05) is 37.7 Å². The van der Waals surface area contributed by atoms with Crippen LogP contribution < -0.4 is 11.1 Å². The molecule has 1 aromatic carbocycles. The minimum Gasteiger partial charge on any atom is -0.399 e. The second kappa shape index (κ2) is 5.67. The number of pyridine rings is 1. The van der Waals surface area contributed by atoms with Crippen molar-refractivity contribution in [3.63, 3.8) is 0 Å². The van der Waals surface area contributed by atoms with Gasteiger partial charge in [0.2, 0.25) is 0 Å². The highest BCUT2D eigenvalue weighted by molar-refractivity contribution is 5.83. The summed E-state index contributed by atoms with van der Waals surface area (Å²) in [6.07, 6.45) is 2.61. The second-order valence-electron chi connectivity index (χ2n) is 5.80. The number of nitrogens with one attached hydrogen (secondary N) is 1. The molecule has 1 unspecified atom stereocenters. The maximum atomic E-state index is 5.78. The Balaban J connectivity index is 1.67. The summed E-state index contributed by atoms with van der Waals surface area (Å²) in [5, 5.41) is 4.56. The number of nitrogens with zero attached hydrogens (tertiary/aromatic N) is 2. The number of nitrogens with two attached hydrogens (primary N) is 1. The van der Waals surface area contributed by atoms with E-state index >= 15 is 0 Å². The predicted octanol–water partition coefficient (Wildman–Crippen LogP) is 2.57. The first-order valence-electron chi connectivity index (χ1n) is 7.29. The van der Waals surface area contributed by atoms with Crippen LogP contribution in [-0.4, -0.2) is 36.6 Å². The Morgan fingerprint density at radius 3 is 3.10 bits per heavy atom. The van der Waals surface area contributed by atoms with Crippen molar-refractivity contribution in [1.82, 2.24) is 9.88 Å². The van der Waals surface area contributed by atoms with Crippen molar-refractivity contribution >= 4 is 22.4 Å². The lowest BCUT2D eigenvalue weighted by molar-refractivity contribution is 0.217. The van der Waals surface area contributed by atoms with Crippen LogP contribution in [0.2, 0.25) is 0 Å². The van der Waals surface area contributed by atoms with Crippen molar-refractivity contribution in [2.45, 2.75) is 12.8 Å². The minimum absolute atomic E-state index is 0.720. The third-order valence-electron chi connectivity index (χ3n) is 4.01. The Labute approximate surface area is 120 Å². The van der Waals surface area contributed by atoms with Gasteiger partial charge in [-0.1, -0.05) is 0 Å². The number of piperidine rings is 1. The van der Waals surface area contributed by atoms with Crippen LogP contribution in [-0.2, 0) is 0 Å². The predicted molar refractivity (Wildman–Crippen MR) is 84.9 cm³/mol. The number of hydrogen-bond acceptors (Lipinski definition) is 4. The highest BCUT2D eigenvalue weighted by Gasteiger charge is 2.16. The van der Waals surface area contributed by atoms with Gasteiger partial charge in [0.05, 0.1) is 5.52 Å². The van der Waals surface area contributed by atoms with Crippen LogP contribution in [0.1, 0.15) is 12.8 Å². The summed E-state index contributed by atoms with van der Waals surface area (Å²) >= 11 is 0. The van der Waals surface area contributed by atoms with E-state index in [0.29, 0.717) is 0 Å². The van der Waals surface area contributed by atoms with Crippen LogP contribution in [0, 0.1) is 5.92 Å². The summed E-state index contributed by atoms with van der Waals surface area (Å²) in [5.41, 5.74) is 7.56. The lowest BCUT2D eigenvalue weighted by Gasteiger charge is -2.29. The van der Waals surface area contributed by atoms with Crippen molar-refractivity contribution in [1.29, 1.82) is 0 Å². The lowest BCUT2D eigenvalue weighted by Crippen LogP contribution is -2.35. The average molecular weight is 270 g/mol. The Hall–Kier alpha value is -1.81. The molecule has 4 nitrogen and oxygen atoms in total. The van der Waals surface area contributed by atoms with Gasteiger partial charge in [-0.15, -0.1) is 0 Å². The molecular formula is C16H22N4. The van der Waals surface area contributed by atoms with E-state index in [2.05, 4.69) is 28.3 Å². The topological polar surface area (TPSA) is 54.2 Å². The van der Waals surface area contributed by atoms with Crippen LogP contribution in [0.4, 0.5) is 11.5 Å². The molecule has 4 heteroatoms. The van der Waals surface area contributed by atoms with Gasteiger partial charge in [0.25, 0.3) is 0 Å². The molecule has 0 aliphatic carbocycles. The normalized spacial score (nSPS) is 20.1. The molecule has 0 radical (unpaired) electrons. The quantitative estimate of drug-likeness (QED) is 0.842. The van der Waals surface area contributed by atoms with E-state index in [1.807, 2.05) is 24.3 Å². The molecule has 1 aliphatic rings. The molecule has 1 aromatic heterocycles. The molecular weight excluding hydrogens is 248 g/mol. The number of hydrogen-bond donors (Lipinski definition) is 2. The zero-order chi connectivity index (χ0) is 13.9. The molecule has 3 N–H and O–H groups in total. The van der Waals surface area contributed by atoms with Gasteiger partial charge < -0.3 is 16.0 Å². The third-order valence-corrected chi connectivity index (χ3v) is 4.01. The van der Waals surface area contributed by atoms with Gasteiger partial charge >= 0.3 is 0 Å². The van der Waals surface area contributed by atoms with E-state index in [1.54, 1.807) is 0 Å². The first-order chi connectivity index (χ1) is 9.70. The van der Waals surface area contributed by atoms with Crippen molar-refractivity contribution < 1.29 is 0 Å². The zero-order valence-electron chi connectivity index (χ0n) is 12.0. The molecule has 0 saturated carbocycles. The number of anilines is 2. The molecule has 0 bridgehead atoms. The smallest absolute Gasteiger partial charge is 0.126 e. The van der Waals surface area contributed by atoms with E-state index < -0.39 is 0 Å². The molecule has 2 heterocycles. The van der Waals surface area contributed by atoms with Crippen molar-refractivity contribution in [3.8, 4) is 0 Å². The Morgan fingerprint density at radius 2 is 2.25 bits per heavy atom. The van der Waals surface area contributed by atoms with Crippen LogP contribution in [0.15, 0.2) is 30.3 Å². The monoisotopic (exact) mass is 270 g/mol. The summed E-state index contributed by atoms with van der Waals surface area (Å²) < 4.78 is 0. The summed E-state index contributed by atoms with van der Waals surface area (Å²) in [6, 6.07) is 9.95. The van der Waals surface area contributed by atoms with Crippen molar-refractivity contribution in [2.24, 2.45) is 5.92 Å². The standard InChI is InChI=1S/C16H22N4/c1-20-8-2-3-12(11-20)10-18-16-7-4-13-9-14(17)5-6-15(13)19-16/h4-7,9,12H,2-3,8,10-11,17H2,1H3,(H,18,19). The van der Waals surface area contributed by atoms with Gasteiger partial charge in [0.1, 0.15) is 5.82 Å². The summed E-state index contributed by atoms with van der Waals surface area (Å²) in [5.74, 6) is 1.67. The molecule has 0 spiro atoms. The number of likely N-dealkylation sites (tertiary alicyclic amines) is 1. The second-order valence-corrected chi connectivity index (χ2v) is 5.80. The number of nitrogen functional groups attached to an aromatic ring is 1. The van der Waals surface area contributed by atoms with E-state index in [-0.39, 0.29) is 0 Å². The van der Waals surface area contributed by atoms with E-state index in [0.717, 1.165) is 34.9 Å². The third kappa shape index (κ3) is 3.02. The van der Waals surface area contributed by atoms with Crippen LogP contribution in [0.3, 0.4) is 0 Å². The Bertz CT molecular complexity index is 596. The first kappa shape index (κ1) is 13.2. The highest BCUT2D eigenvalue weighted by atomic mass is 15.1. The van der Waals surface area contributed by atoms with E-state index in [4.69, 9.17) is 5.73 Å². The minimum atomic E-state index is 0.720. The lowest BCUT2D eigenvalue weighted by atomic mass is 9.98. The molecule has 1 aliphatic heterocycles. The summed E-state index contributed by atoms with van der Waals surface area (Å²) in [4.78, 5) is 7.05. The van der Waals surface area contributed by atoms with Crippen molar-refractivity contribution in [3.05, 3.63) is 30.3 Å². The molecule has 1 atom stereocenters. The SMILES string of the molecule is CN1CCCC(CNc2ccc3cc(N)ccc3n2)C1. The van der Waals surface area contributed by atoms with Gasteiger partial charge in [-0.05, 0) is 62.7 Å². The van der Waals surface area contributed by atoms with Gasteiger partial charge in [0, 0.05) is 24.2 Å². The van der Waals surface area contributed by atoms with Gasteiger partial charge in [-0.25, -0.2) is 4.98 Å². The fourth-order valence-corrected chi connectivity index (χ4v) is 2.93. The molecule has 1 saturated heterocycles. The number of aromatic nitrogens is 1. The summed E-state index contributed by atoms with van der Waals surface area (Å²) in [6.45, 7) is 3.40. The number of benzene rings is 1. The van der Waals surface area contributed by atoms with Crippen LogP contribution in [0.5, 0.6) is 0 Å². The molecule has 2 aromatic rings. The Morgan fingerprint density at radius 1 is 1.35 bits per heavy atom. The zero-order valence-corrected chi connectivity index (χ0v) is 12.0. The van der Waals surface area contributed by atoms with Gasteiger partial charge in [0.15, 0.2) is 0 Å². The first-order valence-corrected chi connectivity index (χ1v) is 7.29. The molecule has 3 rings (SSSR count). The van der Waals surface area contributed by atoms with Crippen LogP contribution in [0.25, 0.3) is 10.9 Å². The fourth-order valence-electron chi connectivity index (χ4n) is 2.93. The van der Waals surface area contributed by atoms with E-state index in [1.165, 1.54) is 25.9 Å². The highest BCUT2D eigenvalue weighted by Crippen LogP contribution is 2.19. The maximum Gasteiger partial charge on any atom is 0.126 e. The molecule has 0 amide bonds. The van der Waals surface area contributed by atoms with Crippen LogP contribution >= 0.6 is 0 Å².